The second-order valence-electron chi connectivity index (χ2n) is 9.57. The van der Waals surface area contributed by atoms with Crippen molar-refractivity contribution in [3.05, 3.63) is 65.5 Å². The summed E-state index contributed by atoms with van der Waals surface area (Å²) in [5, 5.41) is 16.9. The Morgan fingerprint density at radius 1 is 1.08 bits per heavy atom. The van der Waals surface area contributed by atoms with Crippen LogP contribution in [0.2, 0.25) is 0 Å². The number of carbonyl (C=O) groups is 1. The summed E-state index contributed by atoms with van der Waals surface area (Å²) in [6.45, 7) is 9.23. The molecule has 0 atom stereocenters. The van der Waals surface area contributed by atoms with E-state index in [1.165, 1.54) is 6.20 Å². The maximum Gasteiger partial charge on any atom is 0.417 e. The number of benzene rings is 2. The van der Waals surface area contributed by atoms with E-state index in [-0.39, 0.29) is 0 Å². The van der Waals surface area contributed by atoms with Crippen molar-refractivity contribution in [2.75, 3.05) is 49.6 Å². The standard InChI is InChI=1S/C28H32N6O3/c1-20-3-6-25(7-4-20)34-21(2)27(19-30-34)37-28(35)31-23-5-8-26(22(17-23)18-29)33-13-11-32(12-14-33)24-9-15-36-16-10-24/h3-8,17,19,24H,9-16H2,1-2H3,(H,31,35). The van der Waals surface area contributed by atoms with Crippen LogP contribution < -0.4 is 15.0 Å². The van der Waals surface area contributed by atoms with Crippen molar-refractivity contribution >= 4 is 17.5 Å². The Morgan fingerprint density at radius 3 is 2.51 bits per heavy atom. The lowest BCUT2D eigenvalue weighted by atomic mass is 10.1. The molecular formula is C28H32N6O3. The van der Waals surface area contributed by atoms with Crippen LogP contribution in [0, 0.1) is 25.2 Å². The molecular weight excluding hydrogens is 468 g/mol. The Hall–Kier alpha value is -3.87. The van der Waals surface area contributed by atoms with Gasteiger partial charge in [-0.25, -0.2) is 9.48 Å². The monoisotopic (exact) mass is 500 g/mol. The highest BCUT2D eigenvalue weighted by Gasteiger charge is 2.26. The van der Waals surface area contributed by atoms with E-state index in [1.807, 2.05) is 50.2 Å². The molecule has 0 saturated carbocycles. The van der Waals surface area contributed by atoms with Crippen molar-refractivity contribution in [3.8, 4) is 17.5 Å². The third-order valence-corrected chi connectivity index (χ3v) is 7.17. The summed E-state index contributed by atoms with van der Waals surface area (Å²) in [4.78, 5) is 17.4. The van der Waals surface area contributed by atoms with Crippen LogP contribution in [0.1, 0.15) is 29.7 Å². The second kappa shape index (κ2) is 11.0. The Morgan fingerprint density at radius 2 is 1.81 bits per heavy atom. The first-order valence-electron chi connectivity index (χ1n) is 12.7. The van der Waals surface area contributed by atoms with E-state index in [1.54, 1.807) is 10.7 Å². The van der Waals surface area contributed by atoms with E-state index in [4.69, 9.17) is 9.47 Å². The van der Waals surface area contributed by atoms with Crippen LogP contribution in [0.4, 0.5) is 16.2 Å². The number of amides is 1. The summed E-state index contributed by atoms with van der Waals surface area (Å²) < 4.78 is 12.7. The molecule has 1 N–H and O–H groups in total. The smallest absolute Gasteiger partial charge is 0.406 e. The van der Waals surface area contributed by atoms with Crippen LogP contribution in [0.25, 0.3) is 5.69 Å². The van der Waals surface area contributed by atoms with Gasteiger partial charge in [-0.05, 0) is 57.0 Å². The molecule has 3 heterocycles. The highest BCUT2D eigenvalue weighted by molar-refractivity contribution is 5.87. The third kappa shape index (κ3) is 5.61. The number of ether oxygens (including phenoxy) is 2. The van der Waals surface area contributed by atoms with Gasteiger partial charge in [-0.15, -0.1) is 0 Å². The van der Waals surface area contributed by atoms with Crippen molar-refractivity contribution < 1.29 is 14.3 Å². The molecule has 2 aromatic carbocycles. The van der Waals surface area contributed by atoms with Crippen molar-refractivity contribution in [1.82, 2.24) is 14.7 Å². The molecule has 0 aliphatic carbocycles. The lowest BCUT2D eigenvalue weighted by Crippen LogP contribution is -2.51. The fourth-order valence-corrected chi connectivity index (χ4v) is 5.04. The third-order valence-electron chi connectivity index (χ3n) is 7.17. The fourth-order valence-electron chi connectivity index (χ4n) is 5.04. The van der Waals surface area contributed by atoms with Crippen LogP contribution in [-0.2, 0) is 4.74 Å². The van der Waals surface area contributed by atoms with Crippen LogP contribution in [0.5, 0.6) is 5.75 Å². The molecule has 37 heavy (non-hydrogen) atoms. The molecule has 3 aromatic rings. The van der Waals surface area contributed by atoms with Gasteiger partial charge in [-0.3, -0.25) is 10.2 Å². The molecule has 0 radical (unpaired) electrons. The first kappa shape index (κ1) is 24.8. The number of piperazine rings is 1. The van der Waals surface area contributed by atoms with Gasteiger partial charge in [0.25, 0.3) is 0 Å². The molecule has 2 aliphatic heterocycles. The van der Waals surface area contributed by atoms with Gasteiger partial charge >= 0.3 is 6.09 Å². The summed E-state index contributed by atoms with van der Waals surface area (Å²) in [5.74, 6) is 0.373. The Kier molecular flexibility index (Phi) is 7.40. The zero-order chi connectivity index (χ0) is 25.8. The van der Waals surface area contributed by atoms with E-state index in [9.17, 15) is 10.1 Å². The van der Waals surface area contributed by atoms with Gasteiger partial charge in [0.1, 0.15) is 6.07 Å². The maximum atomic E-state index is 12.6. The molecule has 0 spiro atoms. The average Bonchev–Trinajstić information content (AvgIpc) is 3.29. The topological polar surface area (TPSA) is 95.7 Å². The SMILES string of the molecule is Cc1ccc(-n2ncc(OC(=O)Nc3ccc(N4CCN(C5CCOCC5)CC4)c(C#N)c3)c2C)cc1. The number of nitriles is 1. The minimum atomic E-state index is -0.631. The number of aryl methyl sites for hydroxylation is 1. The quantitative estimate of drug-likeness (QED) is 0.559. The lowest BCUT2D eigenvalue weighted by Gasteiger charge is -2.41. The Balaban J connectivity index is 1.20. The molecule has 5 rings (SSSR count). The van der Waals surface area contributed by atoms with E-state index < -0.39 is 6.09 Å². The number of hydrogen-bond acceptors (Lipinski definition) is 7. The van der Waals surface area contributed by atoms with Gasteiger partial charge in [0, 0.05) is 51.1 Å². The maximum absolute atomic E-state index is 12.6. The second-order valence-corrected chi connectivity index (χ2v) is 9.57. The highest BCUT2D eigenvalue weighted by atomic mass is 16.6. The van der Waals surface area contributed by atoms with Crippen molar-refractivity contribution in [2.45, 2.75) is 32.7 Å². The first-order valence-corrected chi connectivity index (χ1v) is 12.7. The van der Waals surface area contributed by atoms with Crippen molar-refractivity contribution in [1.29, 1.82) is 5.26 Å². The first-order chi connectivity index (χ1) is 18.0. The average molecular weight is 501 g/mol. The number of aromatic nitrogens is 2. The summed E-state index contributed by atoms with van der Waals surface area (Å²) in [6, 6.07) is 16.2. The normalized spacial score (nSPS) is 16.8. The predicted octanol–water partition coefficient (Wildman–Crippen LogP) is 4.27. The van der Waals surface area contributed by atoms with Crippen LogP contribution in [-0.4, -0.2) is 66.2 Å². The van der Waals surface area contributed by atoms with Crippen molar-refractivity contribution in [2.24, 2.45) is 0 Å². The number of nitrogens with one attached hydrogen (secondary N) is 1. The van der Waals surface area contributed by atoms with Crippen molar-refractivity contribution in [3.63, 3.8) is 0 Å². The highest BCUT2D eigenvalue weighted by Crippen LogP contribution is 2.27. The Bertz CT molecular complexity index is 1280. The summed E-state index contributed by atoms with van der Waals surface area (Å²) >= 11 is 0. The number of hydrogen-bond donors (Lipinski definition) is 1. The van der Waals surface area contributed by atoms with E-state index in [0.717, 1.165) is 69.2 Å². The molecule has 1 aromatic heterocycles. The fraction of sp³-hybridized carbons (Fsp3) is 0.393. The van der Waals surface area contributed by atoms with Gasteiger partial charge in [-0.2, -0.15) is 10.4 Å². The molecule has 0 unspecified atom stereocenters. The van der Waals surface area contributed by atoms with Gasteiger partial charge in [0.2, 0.25) is 0 Å². The number of rotatable bonds is 5. The zero-order valence-corrected chi connectivity index (χ0v) is 21.3. The van der Waals surface area contributed by atoms with Crippen LogP contribution >= 0.6 is 0 Å². The Labute approximate surface area is 217 Å². The van der Waals surface area contributed by atoms with Gasteiger partial charge in [0.05, 0.1) is 28.8 Å². The minimum absolute atomic E-state index is 0.373. The zero-order valence-electron chi connectivity index (χ0n) is 21.3. The summed E-state index contributed by atoms with van der Waals surface area (Å²) in [6.07, 6.45) is 3.07. The number of nitrogens with zero attached hydrogens (tertiary/aromatic N) is 5. The van der Waals surface area contributed by atoms with Crippen LogP contribution in [0.3, 0.4) is 0 Å². The minimum Gasteiger partial charge on any atom is -0.406 e. The lowest BCUT2D eigenvalue weighted by molar-refractivity contribution is 0.0321. The van der Waals surface area contributed by atoms with E-state index in [0.29, 0.717) is 28.7 Å². The molecule has 2 aliphatic rings. The van der Waals surface area contributed by atoms with Gasteiger partial charge < -0.3 is 14.4 Å². The largest absolute Gasteiger partial charge is 0.417 e. The van der Waals surface area contributed by atoms with Crippen LogP contribution in [0.15, 0.2) is 48.7 Å². The van der Waals surface area contributed by atoms with E-state index >= 15 is 0 Å². The molecule has 9 heteroatoms. The predicted molar refractivity (Wildman–Crippen MR) is 141 cm³/mol. The molecule has 2 saturated heterocycles. The number of anilines is 2. The van der Waals surface area contributed by atoms with Gasteiger partial charge in [-0.1, -0.05) is 17.7 Å². The molecule has 0 bridgehead atoms. The molecule has 2 fully saturated rings. The summed E-state index contributed by atoms with van der Waals surface area (Å²) in [5.41, 5.74) is 4.69. The molecule has 192 valence electrons. The molecule has 9 nitrogen and oxygen atoms in total. The summed E-state index contributed by atoms with van der Waals surface area (Å²) in [7, 11) is 0. The van der Waals surface area contributed by atoms with E-state index in [2.05, 4.69) is 26.3 Å². The van der Waals surface area contributed by atoms with Gasteiger partial charge in [0.15, 0.2) is 5.75 Å². The number of carbonyl (C=O) groups excluding carboxylic acids is 1. The molecule has 1 amide bonds.